The molecule has 12 nitrogen and oxygen atoms in total. The summed E-state index contributed by atoms with van der Waals surface area (Å²) in [7, 11) is -17.9. The van der Waals surface area contributed by atoms with Crippen molar-refractivity contribution >= 4 is 97.9 Å². The molecular weight excluding hydrogens is 842 g/mol. The number of sulfonamides is 4. The first-order valence-corrected chi connectivity index (χ1v) is 21.5. The first-order chi connectivity index (χ1) is 24.3. The smallest absolute Gasteiger partial charge is 0.277 e. The highest BCUT2D eigenvalue weighted by Crippen LogP contribution is 2.39. The Morgan fingerprint density at radius 3 is 0.981 bits per heavy atom. The molecule has 5 aromatic rings. The molecule has 0 bridgehead atoms. The van der Waals surface area contributed by atoms with E-state index in [4.69, 9.17) is 55.9 Å². The third kappa shape index (κ3) is 7.79. The van der Waals surface area contributed by atoms with Crippen molar-refractivity contribution < 1.29 is 43.1 Å². The maximum Gasteiger partial charge on any atom is 0.277 e. The third-order valence-corrected chi connectivity index (χ3v) is 16.3. The Hall–Kier alpha value is -3.74. The van der Waals surface area contributed by atoms with Gasteiger partial charge in [0.15, 0.2) is 0 Å². The van der Waals surface area contributed by atoms with E-state index < -0.39 is 71.0 Å². The third-order valence-electron chi connectivity index (χ3n) is 7.11. The summed E-state index contributed by atoms with van der Waals surface area (Å²) in [6.45, 7) is 0. The zero-order valence-corrected chi connectivity index (χ0v) is 32.8. The lowest BCUT2D eigenvalue weighted by atomic mass is 10.3. The second-order valence-corrected chi connectivity index (χ2v) is 19.9. The molecule has 5 rings (SSSR count). The zero-order valence-electron chi connectivity index (χ0n) is 26.5. The van der Waals surface area contributed by atoms with Gasteiger partial charge in [-0.05, 0) is 103 Å². The van der Waals surface area contributed by atoms with E-state index in [2.05, 4.69) is 0 Å². The highest BCUT2D eigenvalue weighted by molar-refractivity contribution is 8.10. The summed E-state index contributed by atoms with van der Waals surface area (Å²) in [4.78, 5) is -2.37. The minimum Gasteiger partial charge on any atom is -0.497 e. The van der Waals surface area contributed by atoms with Gasteiger partial charge < -0.3 is 9.47 Å². The SMILES string of the molecule is COc1ccc(S(=O)(=O)N(c2cccc(N(S(=O)(=O)c3cc(Cl)cc(Cl)c3)S(=O)(=O)c3cc(Cl)cc(Cl)c3)c2)S(=O)(=O)c2ccc(OC)cc2)cc1. The molecule has 0 saturated heterocycles. The molecule has 0 fully saturated rings. The van der Waals surface area contributed by atoms with Crippen LogP contribution in [-0.4, -0.2) is 47.9 Å². The largest absolute Gasteiger partial charge is 0.497 e. The number of rotatable bonds is 12. The molecule has 0 aliphatic heterocycles. The van der Waals surface area contributed by atoms with Gasteiger partial charge >= 0.3 is 0 Å². The van der Waals surface area contributed by atoms with E-state index in [9.17, 15) is 33.7 Å². The average molecular weight is 867 g/mol. The molecule has 52 heavy (non-hydrogen) atoms. The lowest BCUT2D eigenvalue weighted by Gasteiger charge is -2.27. The molecule has 0 atom stereocenters. The standard InChI is InChI=1S/C32H24Cl4N2O10S4/c1-47-27-6-10-29(11-7-27)49(39,40)37(50(41,42)30-12-8-28(48-2)9-13-30)25-4-3-5-26(20-25)38(51(43,44)31-16-21(33)14-22(34)17-31)52(45,46)32-18-23(35)15-24(36)19-32/h3-20H,1-2H3. The monoisotopic (exact) mass is 864 g/mol. The van der Waals surface area contributed by atoms with Crippen LogP contribution in [0.5, 0.6) is 11.5 Å². The van der Waals surface area contributed by atoms with E-state index in [1.165, 1.54) is 50.6 Å². The molecule has 0 saturated carbocycles. The molecule has 0 spiro atoms. The molecule has 20 heteroatoms. The molecule has 0 aliphatic carbocycles. The lowest BCUT2D eigenvalue weighted by Crippen LogP contribution is -2.39. The Balaban J connectivity index is 1.82. The number of ether oxygens (including phenoxy) is 2. The Labute approximate surface area is 320 Å². The van der Waals surface area contributed by atoms with Crippen LogP contribution in [0.3, 0.4) is 0 Å². The molecular formula is C32H24Cl4N2O10S4. The first kappa shape index (κ1) is 39.5. The summed E-state index contributed by atoms with van der Waals surface area (Å²) >= 11 is 24.4. The second-order valence-electron chi connectivity index (χ2n) is 10.5. The highest BCUT2D eigenvalue weighted by Gasteiger charge is 2.41. The number of methoxy groups -OCH3 is 2. The van der Waals surface area contributed by atoms with Crippen LogP contribution in [0, 0.1) is 0 Å². The molecule has 0 N–H and O–H groups in total. The molecule has 0 unspecified atom stereocenters. The topological polar surface area (TPSA) is 161 Å². The van der Waals surface area contributed by atoms with E-state index in [0.29, 0.717) is 0 Å². The number of hydrogen-bond acceptors (Lipinski definition) is 10. The van der Waals surface area contributed by atoms with E-state index in [-0.39, 0.29) is 39.0 Å². The Morgan fingerprint density at radius 1 is 0.404 bits per heavy atom. The number of benzene rings is 5. The number of hydrogen-bond donors (Lipinski definition) is 0. The van der Waals surface area contributed by atoms with Crippen LogP contribution in [0.4, 0.5) is 11.4 Å². The fraction of sp³-hybridized carbons (Fsp3) is 0.0625. The summed E-state index contributed by atoms with van der Waals surface area (Å²) in [6.07, 6.45) is 0. The van der Waals surface area contributed by atoms with Crippen molar-refractivity contribution in [2.24, 2.45) is 0 Å². The zero-order chi connectivity index (χ0) is 38.2. The predicted octanol–water partition coefficient (Wildman–Crippen LogP) is 7.49. The maximum absolute atomic E-state index is 14.4. The summed E-state index contributed by atoms with van der Waals surface area (Å²) in [5, 5.41) is -0.647. The van der Waals surface area contributed by atoms with Crippen LogP contribution in [0.15, 0.2) is 129 Å². The highest BCUT2D eigenvalue weighted by atomic mass is 35.5. The van der Waals surface area contributed by atoms with E-state index >= 15 is 0 Å². The molecule has 0 aliphatic rings. The molecule has 0 aromatic heterocycles. The van der Waals surface area contributed by atoms with E-state index in [1.54, 1.807) is 0 Å². The Morgan fingerprint density at radius 2 is 0.692 bits per heavy atom. The van der Waals surface area contributed by atoms with Crippen LogP contribution >= 0.6 is 46.4 Å². The van der Waals surface area contributed by atoms with Gasteiger partial charge in [0.25, 0.3) is 40.1 Å². The van der Waals surface area contributed by atoms with Crippen LogP contribution in [-0.2, 0) is 40.1 Å². The average Bonchev–Trinajstić information content (AvgIpc) is 3.07. The normalized spacial score (nSPS) is 12.3. The summed E-state index contributed by atoms with van der Waals surface area (Å²) in [5.41, 5.74) is -1.39. The summed E-state index contributed by atoms with van der Waals surface area (Å²) < 4.78 is 125. The second kappa shape index (κ2) is 14.9. The Bertz CT molecular complexity index is 2410. The van der Waals surface area contributed by atoms with Crippen molar-refractivity contribution in [3.8, 4) is 11.5 Å². The van der Waals surface area contributed by atoms with Gasteiger partial charge in [0.1, 0.15) is 11.5 Å². The van der Waals surface area contributed by atoms with Gasteiger partial charge in [-0.15, -0.1) is 0 Å². The van der Waals surface area contributed by atoms with Gasteiger partial charge in [0, 0.05) is 20.1 Å². The molecule has 0 radical (unpaired) electrons. The van der Waals surface area contributed by atoms with Crippen LogP contribution in [0.1, 0.15) is 0 Å². The fourth-order valence-electron chi connectivity index (χ4n) is 4.77. The van der Waals surface area contributed by atoms with E-state index in [1.807, 2.05) is 0 Å². The van der Waals surface area contributed by atoms with Crippen molar-refractivity contribution in [3.05, 3.63) is 129 Å². The summed E-state index contributed by atoms with van der Waals surface area (Å²) in [6, 6.07) is 19.6. The van der Waals surface area contributed by atoms with Gasteiger partial charge in [-0.25, -0.2) is 33.7 Å². The number of anilines is 2. The van der Waals surface area contributed by atoms with Crippen molar-refractivity contribution in [3.63, 3.8) is 0 Å². The fourth-order valence-corrected chi connectivity index (χ4v) is 13.6. The number of halogens is 4. The molecule has 0 amide bonds. The van der Waals surface area contributed by atoms with Crippen molar-refractivity contribution in [2.45, 2.75) is 19.6 Å². The summed E-state index contributed by atoms with van der Waals surface area (Å²) in [5.74, 6) is 0.526. The predicted molar refractivity (Wildman–Crippen MR) is 199 cm³/mol. The Kier molecular flexibility index (Phi) is 11.3. The van der Waals surface area contributed by atoms with Crippen LogP contribution < -0.4 is 16.9 Å². The number of nitrogens with zero attached hydrogens (tertiary/aromatic N) is 2. The maximum atomic E-state index is 14.4. The van der Waals surface area contributed by atoms with Crippen molar-refractivity contribution in [1.29, 1.82) is 0 Å². The van der Waals surface area contributed by atoms with Gasteiger partial charge in [0.05, 0.1) is 45.2 Å². The van der Waals surface area contributed by atoms with Crippen LogP contribution in [0.25, 0.3) is 0 Å². The van der Waals surface area contributed by atoms with E-state index in [0.717, 1.165) is 72.8 Å². The van der Waals surface area contributed by atoms with Crippen LogP contribution in [0.2, 0.25) is 20.1 Å². The quantitative estimate of drug-likeness (QED) is 0.123. The molecule has 0 heterocycles. The minimum absolute atomic E-state index is 0.0360. The van der Waals surface area contributed by atoms with Gasteiger partial charge in [-0.2, -0.15) is 7.42 Å². The van der Waals surface area contributed by atoms with Gasteiger partial charge in [-0.3, -0.25) is 0 Å². The van der Waals surface area contributed by atoms with Gasteiger partial charge in [-0.1, -0.05) is 52.5 Å². The molecule has 274 valence electrons. The lowest BCUT2D eigenvalue weighted by molar-refractivity contribution is 0.414. The van der Waals surface area contributed by atoms with Crippen molar-refractivity contribution in [1.82, 2.24) is 0 Å². The first-order valence-electron chi connectivity index (χ1n) is 14.2. The van der Waals surface area contributed by atoms with Gasteiger partial charge in [0.2, 0.25) is 0 Å². The minimum atomic E-state index is -5.22. The molecule has 5 aromatic carbocycles. The van der Waals surface area contributed by atoms with Crippen molar-refractivity contribution in [2.75, 3.05) is 21.6 Å².